The molecule has 0 N–H and O–H groups in total. The molecule has 11 rings (SSSR count). The van der Waals surface area contributed by atoms with Gasteiger partial charge in [-0.2, -0.15) is 0 Å². The molecule has 9 aromatic rings. The second-order valence-corrected chi connectivity index (χ2v) is 20.2. The Morgan fingerprint density at radius 3 is 1.80 bits per heavy atom. The molecule has 2 aromatic heterocycles. The van der Waals surface area contributed by atoms with Crippen LogP contribution in [0.4, 0.5) is 17.1 Å². The van der Waals surface area contributed by atoms with Gasteiger partial charge in [0.05, 0.1) is 0 Å². The van der Waals surface area contributed by atoms with E-state index in [0.29, 0.717) is 0 Å². The Hall–Kier alpha value is -6.06. The van der Waals surface area contributed by atoms with Crippen molar-refractivity contribution >= 4 is 60.9 Å². The molecular weight excluding hydrogens is 719 g/mol. The number of hydrogen-bond donors (Lipinski definition) is 0. The van der Waals surface area contributed by atoms with Crippen molar-refractivity contribution in [2.24, 2.45) is 0 Å². The topological polar surface area (TPSA) is 29.5 Å². The SMILES string of the molecule is CC(C)(C)c1cc(C(C)(C)C)c2oc3ccc4c(c3c2c1)-c1ccc(N(c2ccc3c(c2)C(C)(C)c2ccccc2-3)c2ccc3c(c2)oc2ccccc23)cc1C4(C)C. The minimum absolute atomic E-state index is 0.00772. The van der Waals surface area contributed by atoms with Crippen LogP contribution in [0.5, 0.6) is 0 Å². The Morgan fingerprint density at radius 1 is 0.441 bits per heavy atom. The van der Waals surface area contributed by atoms with Crippen molar-refractivity contribution in [3.63, 3.8) is 0 Å². The predicted molar refractivity (Wildman–Crippen MR) is 248 cm³/mol. The van der Waals surface area contributed by atoms with E-state index in [1.165, 1.54) is 66.4 Å². The van der Waals surface area contributed by atoms with Gasteiger partial charge in [0.1, 0.15) is 22.3 Å². The molecule has 2 aliphatic carbocycles. The van der Waals surface area contributed by atoms with E-state index in [4.69, 9.17) is 8.83 Å². The average Bonchev–Trinajstić information content (AvgIpc) is 3.89. The van der Waals surface area contributed by atoms with Crippen LogP contribution in [0.1, 0.15) is 103 Å². The fraction of sp³-hybridized carbons (Fsp3) is 0.250. The Morgan fingerprint density at radius 2 is 1.05 bits per heavy atom. The second kappa shape index (κ2) is 11.8. The van der Waals surface area contributed by atoms with E-state index >= 15 is 0 Å². The first-order chi connectivity index (χ1) is 28.0. The number of benzene rings is 7. The van der Waals surface area contributed by atoms with E-state index in [-0.39, 0.29) is 21.7 Å². The largest absolute Gasteiger partial charge is 0.456 e. The first-order valence-electron chi connectivity index (χ1n) is 21.2. The van der Waals surface area contributed by atoms with Crippen molar-refractivity contribution in [1.82, 2.24) is 0 Å². The van der Waals surface area contributed by atoms with Gasteiger partial charge in [-0.05, 0) is 115 Å². The predicted octanol–water partition coefficient (Wildman–Crippen LogP) is 16.2. The molecule has 0 spiro atoms. The summed E-state index contributed by atoms with van der Waals surface area (Å²) >= 11 is 0. The molecule has 2 heterocycles. The highest BCUT2D eigenvalue weighted by atomic mass is 16.3. The van der Waals surface area contributed by atoms with E-state index in [2.05, 4.69) is 195 Å². The number of para-hydroxylation sites is 1. The number of furan rings is 2. The lowest BCUT2D eigenvalue weighted by Crippen LogP contribution is -2.18. The Balaban J connectivity index is 1.14. The Kier molecular flexibility index (Phi) is 7.20. The van der Waals surface area contributed by atoms with E-state index in [1.807, 2.05) is 6.07 Å². The molecule has 59 heavy (non-hydrogen) atoms. The zero-order chi connectivity index (χ0) is 41.0. The fourth-order valence-electron chi connectivity index (χ4n) is 10.4. The quantitative estimate of drug-likeness (QED) is 0.179. The third-order valence-electron chi connectivity index (χ3n) is 13.7. The molecular formula is C56H51NO2. The molecule has 0 aliphatic heterocycles. The van der Waals surface area contributed by atoms with Crippen LogP contribution < -0.4 is 4.90 Å². The summed E-state index contributed by atoms with van der Waals surface area (Å²) in [4.78, 5) is 2.43. The lowest BCUT2D eigenvalue weighted by molar-refractivity contribution is 0.559. The van der Waals surface area contributed by atoms with Crippen LogP contribution in [0, 0.1) is 0 Å². The summed E-state index contributed by atoms with van der Waals surface area (Å²) < 4.78 is 13.4. The van der Waals surface area contributed by atoms with Crippen molar-refractivity contribution in [1.29, 1.82) is 0 Å². The van der Waals surface area contributed by atoms with Gasteiger partial charge in [-0.25, -0.2) is 0 Å². The molecule has 0 amide bonds. The number of anilines is 3. The second-order valence-electron chi connectivity index (χ2n) is 20.2. The van der Waals surface area contributed by atoms with Gasteiger partial charge in [0, 0.05) is 61.1 Å². The van der Waals surface area contributed by atoms with E-state index < -0.39 is 0 Å². The minimum Gasteiger partial charge on any atom is -0.456 e. The van der Waals surface area contributed by atoms with Crippen LogP contribution in [-0.2, 0) is 21.7 Å². The average molecular weight is 770 g/mol. The monoisotopic (exact) mass is 769 g/mol. The van der Waals surface area contributed by atoms with Crippen molar-refractivity contribution in [2.45, 2.75) is 90.9 Å². The van der Waals surface area contributed by atoms with Gasteiger partial charge < -0.3 is 13.7 Å². The van der Waals surface area contributed by atoms with Gasteiger partial charge in [-0.3, -0.25) is 0 Å². The molecule has 0 saturated heterocycles. The summed E-state index contributed by atoms with van der Waals surface area (Å²) in [7, 11) is 0. The van der Waals surface area contributed by atoms with Crippen molar-refractivity contribution in [3.05, 3.63) is 161 Å². The summed E-state index contributed by atoms with van der Waals surface area (Å²) in [5, 5.41) is 4.70. The molecule has 7 aromatic carbocycles. The maximum atomic E-state index is 6.88. The van der Waals surface area contributed by atoms with Gasteiger partial charge in [-0.1, -0.05) is 136 Å². The van der Waals surface area contributed by atoms with Crippen molar-refractivity contribution < 1.29 is 8.83 Å². The minimum atomic E-state index is -0.247. The van der Waals surface area contributed by atoms with Crippen LogP contribution in [0.25, 0.3) is 66.1 Å². The van der Waals surface area contributed by atoms with E-state index in [9.17, 15) is 0 Å². The number of nitrogens with zero attached hydrogens (tertiary/aromatic N) is 1. The summed E-state index contributed by atoms with van der Waals surface area (Å²) in [5.41, 5.74) is 19.8. The van der Waals surface area contributed by atoms with Gasteiger partial charge in [0.2, 0.25) is 0 Å². The third kappa shape index (κ3) is 5.06. The first-order valence-corrected chi connectivity index (χ1v) is 21.2. The Bertz CT molecular complexity index is 3240. The maximum Gasteiger partial charge on any atom is 0.139 e. The van der Waals surface area contributed by atoms with Gasteiger partial charge in [0.25, 0.3) is 0 Å². The van der Waals surface area contributed by atoms with Gasteiger partial charge >= 0.3 is 0 Å². The van der Waals surface area contributed by atoms with Crippen LogP contribution in [0.3, 0.4) is 0 Å². The molecule has 0 bridgehead atoms. The Labute approximate surface area is 347 Å². The summed E-state index contributed by atoms with van der Waals surface area (Å²) in [6, 6.07) is 47.4. The molecule has 0 radical (unpaired) electrons. The highest BCUT2D eigenvalue weighted by molar-refractivity contribution is 6.16. The molecule has 0 saturated carbocycles. The normalized spacial score (nSPS) is 15.2. The highest BCUT2D eigenvalue weighted by Crippen LogP contribution is 2.56. The smallest absolute Gasteiger partial charge is 0.139 e. The molecule has 0 fully saturated rings. The fourth-order valence-corrected chi connectivity index (χ4v) is 10.4. The standard InChI is InChI=1S/C56H51NO2/c1-53(2,3)32-27-41-51-48(59-52(41)46(28-32)54(4,5)6)26-25-43-50(51)40-24-21-34(30-45(40)56(43,9)10)57(35-20-23-39-38-16-12-14-18-47(38)58-49(39)31-35)33-19-22-37-36-15-11-13-17-42(36)55(7,8)44(37)29-33/h11-31H,1-10H3. The molecule has 2 aliphatic rings. The molecule has 0 atom stereocenters. The van der Waals surface area contributed by atoms with Crippen molar-refractivity contribution in [2.75, 3.05) is 4.90 Å². The van der Waals surface area contributed by atoms with Gasteiger partial charge in [0.15, 0.2) is 0 Å². The maximum absolute atomic E-state index is 6.88. The first kappa shape index (κ1) is 36.1. The zero-order valence-electron chi connectivity index (χ0n) is 35.9. The number of rotatable bonds is 3. The van der Waals surface area contributed by atoms with Gasteiger partial charge in [-0.15, -0.1) is 0 Å². The van der Waals surface area contributed by atoms with Crippen LogP contribution in [0.2, 0.25) is 0 Å². The number of fused-ring (bicyclic) bond motifs is 13. The lowest BCUT2D eigenvalue weighted by Gasteiger charge is -2.29. The summed E-state index contributed by atoms with van der Waals surface area (Å²) in [6.07, 6.45) is 0. The number of hydrogen-bond acceptors (Lipinski definition) is 3. The lowest BCUT2D eigenvalue weighted by atomic mass is 9.79. The van der Waals surface area contributed by atoms with E-state index in [1.54, 1.807) is 0 Å². The molecule has 3 nitrogen and oxygen atoms in total. The van der Waals surface area contributed by atoms with Crippen LogP contribution >= 0.6 is 0 Å². The molecule has 3 heteroatoms. The molecule has 292 valence electrons. The molecule has 0 unspecified atom stereocenters. The zero-order valence-corrected chi connectivity index (χ0v) is 35.9. The van der Waals surface area contributed by atoms with Crippen molar-refractivity contribution in [3.8, 4) is 22.3 Å². The van der Waals surface area contributed by atoms with E-state index in [0.717, 1.165) is 50.2 Å². The van der Waals surface area contributed by atoms with Crippen LogP contribution in [0.15, 0.2) is 136 Å². The highest BCUT2D eigenvalue weighted by Gasteiger charge is 2.40. The third-order valence-corrected chi connectivity index (χ3v) is 13.7. The summed E-state index contributed by atoms with van der Waals surface area (Å²) in [5.74, 6) is 0. The summed E-state index contributed by atoms with van der Waals surface area (Å²) in [6.45, 7) is 23.3. The van der Waals surface area contributed by atoms with Crippen LogP contribution in [-0.4, -0.2) is 0 Å².